The number of aryl methyl sites for hydroxylation is 1. The van der Waals surface area contributed by atoms with Crippen molar-refractivity contribution in [3.8, 4) is 11.5 Å². The fourth-order valence-corrected chi connectivity index (χ4v) is 13.0. The minimum Gasteiger partial charge on any atom is -0.452 e. The van der Waals surface area contributed by atoms with E-state index in [-0.39, 0.29) is 90.5 Å². The number of pyridine rings is 6. The fraction of sp³-hybridized carbons (Fsp3) is 0.316. The Morgan fingerprint density at radius 1 is 0.486 bits per heavy atom. The lowest BCUT2D eigenvalue weighted by molar-refractivity contribution is -0.138. The van der Waals surface area contributed by atoms with Gasteiger partial charge in [-0.05, 0) is 154 Å². The predicted molar refractivity (Wildman–Crippen MR) is 418 cm³/mol. The number of carbonyl (C=O) groups is 6. The van der Waals surface area contributed by atoms with Gasteiger partial charge >= 0.3 is 7.12 Å². The summed E-state index contributed by atoms with van der Waals surface area (Å²) >= 11 is 17.7. The minimum absolute atomic E-state index is 0.0168. The van der Waals surface area contributed by atoms with Gasteiger partial charge in [0.25, 0.3) is 34.4 Å². The van der Waals surface area contributed by atoms with Crippen LogP contribution in [0.3, 0.4) is 0 Å². The van der Waals surface area contributed by atoms with Crippen LogP contribution in [0, 0.1) is 24.7 Å². The lowest BCUT2D eigenvalue weighted by Crippen LogP contribution is -2.50. The molecule has 0 bridgehead atoms. The van der Waals surface area contributed by atoms with Gasteiger partial charge in [-0.25, -0.2) is 19.9 Å². The minimum atomic E-state index is -0.634. The van der Waals surface area contributed by atoms with Gasteiger partial charge in [0.1, 0.15) is 59.0 Å². The van der Waals surface area contributed by atoms with Gasteiger partial charge in [-0.1, -0.05) is 92.0 Å². The fourth-order valence-electron chi connectivity index (χ4n) is 12.6. The maximum atomic E-state index is 13.4. The summed E-state index contributed by atoms with van der Waals surface area (Å²) in [4.78, 5) is 153. The van der Waals surface area contributed by atoms with Crippen molar-refractivity contribution in [2.24, 2.45) is 17.8 Å². The van der Waals surface area contributed by atoms with Crippen molar-refractivity contribution >= 4 is 116 Å². The first-order valence-electron chi connectivity index (χ1n) is 35.8. The second-order valence-electron chi connectivity index (χ2n) is 28.9. The molecule has 0 atom stereocenters. The quantitative estimate of drug-likeness (QED) is 0.0620. The van der Waals surface area contributed by atoms with Crippen molar-refractivity contribution in [3.05, 3.63) is 248 Å². The Kier molecular flexibility index (Phi) is 24.2. The van der Waals surface area contributed by atoms with Crippen LogP contribution in [0.5, 0.6) is 0 Å². The van der Waals surface area contributed by atoms with Crippen LogP contribution in [0.4, 0.5) is 0 Å². The molecule has 0 unspecified atom stereocenters. The summed E-state index contributed by atoms with van der Waals surface area (Å²) in [5.74, 6) is -0.444. The standard InChI is InChI=1S/C25H22ClN5O4.C23H23ClN4O3.C22H21ClN4O4.C9H14BNO3/c1-15-11-30(12-15)22(32)13-31-23-17(4-7-20(29-23)21-10-27-14-35-21)8-19(25(31)34)24(33)28-9-16-2-5-18(26)6-3-16;1-14-11-27(12-14)20(29)13-28-21-17(6-3-15(2)26-21)9-19(23(28)31)22(30)25-10-16-4-7-18(24)8-5-16;1-13-10-26(11-13)19(29)12-27-20-15(4-7-18(28)25-20)8-17(22(27)31)21(30)24-9-14-2-5-16(23)6-3-14;1-8(2)9(3,4)14-10(13-8)7-5-11-6-12-7/h2-8,10,14-15H,9,11-13H2,1H3,(H,28,33);3-9,14H,10-13H2,1-2H3,(H,25,30);2-8,13H,9-12H2,1H3,(H,24,30)(H,25,28);5-6H,1-4H3. The van der Waals surface area contributed by atoms with Crippen molar-refractivity contribution in [1.29, 1.82) is 0 Å². The van der Waals surface area contributed by atoms with Crippen LogP contribution in [0.2, 0.25) is 15.1 Å². The van der Waals surface area contributed by atoms with E-state index in [1.165, 1.54) is 63.0 Å². The third-order valence-corrected chi connectivity index (χ3v) is 20.3. The Morgan fingerprint density at radius 3 is 1.27 bits per heavy atom. The molecule has 3 aromatic carbocycles. The van der Waals surface area contributed by atoms with Gasteiger partial charge in [0, 0.05) is 102 Å². The number of fused-ring (bicyclic) bond motifs is 3. The number of aromatic amines is 1. The van der Waals surface area contributed by atoms with Crippen LogP contribution < -0.4 is 43.8 Å². The molecular weight excluding hydrogens is 1490 g/mol. The average Bonchev–Trinajstić information content (AvgIpc) is 1.74. The van der Waals surface area contributed by atoms with Gasteiger partial charge in [-0.3, -0.25) is 61.6 Å². The molecule has 32 heteroatoms. The number of aromatic nitrogens is 8. The van der Waals surface area contributed by atoms with Crippen molar-refractivity contribution in [3.63, 3.8) is 0 Å². The molecule has 4 aliphatic heterocycles. The molecule has 0 aliphatic carbocycles. The highest BCUT2D eigenvalue weighted by Gasteiger charge is 2.53. The van der Waals surface area contributed by atoms with Crippen LogP contribution in [0.15, 0.2) is 181 Å². The number of hydrogen-bond donors (Lipinski definition) is 4. The van der Waals surface area contributed by atoms with Crippen LogP contribution in [0.25, 0.3) is 44.6 Å². The second-order valence-corrected chi connectivity index (χ2v) is 30.3. The van der Waals surface area contributed by atoms with Gasteiger partial charge in [0.2, 0.25) is 23.3 Å². The van der Waals surface area contributed by atoms with Gasteiger partial charge in [0.15, 0.2) is 24.2 Å². The monoisotopic (exact) mass is 1560 g/mol. The molecule has 28 nitrogen and oxygen atoms in total. The topological polar surface area (TPSA) is 343 Å². The van der Waals surface area contributed by atoms with E-state index in [1.807, 2.05) is 47.6 Å². The molecule has 11 aromatic rings. The Hall–Kier alpha value is -11.4. The molecular formula is C79H80BCl3N14O14. The number of likely N-dealkylation sites (tertiary alicyclic amines) is 3. The van der Waals surface area contributed by atoms with E-state index in [9.17, 15) is 47.9 Å². The summed E-state index contributed by atoms with van der Waals surface area (Å²) in [7, 11) is -0.442. The smallest absolute Gasteiger partial charge is 0.452 e. The van der Waals surface area contributed by atoms with Crippen LogP contribution in [-0.2, 0) is 63.0 Å². The number of nitrogens with zero attached hydrogens (tertiary/aromatic N) is 10. The molecule has 8 aromatic heterocycles. The molecule has 0 radical (unpaired) electrons. The summed E-state index contributed by atoms with van der Waals surface area (Å²) in [6.45, 7) is 20.0. The molecule has 574 valence electrons. The maximum Gasteiger partial charge on any atom is 0.534 e. The van der Waals surface area contributed by atoms with E-state index in [0.717, 1.165) is 22.4 Å². The number of rotatable bonds is 17. The molecule has 0 saturated carbocycles. The normalized spacial score (nSPS) is 15.1. The highest BCUT2D eigenvalue weighted by Crippen LogP contribution is 2.36. The van der Waals surface area contributed by atoms with Gasteiger partial charge < -0.3 is 53.8 Å². The van der Waals surface area contributed by atoms with E-state index < -0.39 is 47.1 Å². The molecule has 4 N–H and O–H groups in total. The molecule has 4 fully saturated rings. The summed E-state index contributed by atoms with van der Waals surface area (Å²) < 4.78 is 25.7. The third-order valence-electron chi connectivity index (χ3n) is 19.6. The van der Waals surface area contributed by atoms with Gasteiger partial charge in [-0.2, -0.15) is 0 Å². The third kappa shape index (κ3) is 18.8. The summed E-state index contributed by atoms with van der Waals surface area (Å²) in [5, 5.41) is 11.7. The first-order valence-corrected chi connectivity index (χ1v) is 36.9. The molecule has 6 amide bonds. The van der Waals surface area contributed by atoms with Crippen molar-refractivity contribution < 1.29 is 46.9 Å². The van der Waals surface area contributed by atoms with E-state index >= 15 is 0 Å². The van der Waals surface area contributed by atoms with Gasteiger partial charge in [-0.15, -0.1) is 0 Å². The summed E-state index contributed by atoms with van der Waals surface area (Å²) in [6.07, 6.45) is 5.79. The van der Waals surface area contributed by atoms with Crippen molar-refractivity contribution in [2.75, 3.05) is 39.3 Å². The Balaban J connectivity index is 0.000000142. The molecule has 12 heterocycles. The average molecular weight is 1570 g/mol. The maximum absolute atomic E-state index is 13.4. The number of H-pyrrole nitrogens is 1. The van der Waals surface area contributed by atoms with Crippen molar-refractivity contribution in [2.45, 2.75) is 106 Å². The number of hydrogen-bond acceptors (Lipinski definition) is 18. The van der Waals surface area contributed by atoms with Crippen LogP contribution in [-0.4, -0.2) is 146 Å². The number of benzene rings is 3. The van der Waals surface area contributed by atoms with E-state index in [4.69, 9.17) is 52.9 Å². The van der Waals surface area contributed by atoms with E-state index in [2.05, 4.69) is 54.7 Å². The van der Waals surface area contributed by atoms with Crippen molar-refractivity contribution in [1.82, 2.24) is 69.3 Å². The number of nitrogens with one attached hydrogen (secondary N) is 4. The lowest BCUT2D eigenvalue weighted by atomic mass is 9.87. The number of carbonyl (C=O) groups excluding carboxylic acids is 6. The summed E-state index contributed by atoms with van der Waals surface area (Å²) in [5.41, 5.74) is 2.26. The highest BCUT2D eigenvalue weighted by molar-refractivity contribution is 6.60. The number of halogens is 3. The molecule has 15 rings (SSSR count). The highest BCUT2D eigenvalue weighted by atomic mass is 35.5. The Morgan fingerprint density at radius 2 is 0.865 bits per heavy atom. The lowest BCUT2D eigenvalue weighted by Gasteiger charge is -2.37. The number of oxazole rings is 2. The zero-order chi connectivity index (χ0) is 79.2. The predicted octanol–water partition coefficient (Wildman–Crippen LogP) is 8.61. The SMILES string of the molecule is CC1(C)OB(c2cnco2)OC1(C)C.CC1CN(C(=O)Cn2c(=O)c(C(=O)NCc3ccc(Cl)cc3)cc3ccc(-c4cnco4)nc32)C1.CC1CN(C(=O)Cn2c(=O)c(C(=O)NCc3ccc(Cl)cc3)cc3ccc(=O)[nH]c32)C1.Cc1ccc2cc(C(=O)NCc3ccc(Cl)cc3)c(=O)n(CC(=O)N3CC(C)C3)c2n1. The summed E-state index contributed by atoms with van der Waals surface area (Å²) in [6, 6.07) is 35.5. The second kappa shape index (κ2) is 33.9. The zero-order valence-electron chi connectivity index (χ0n) is 62.0. The molecule has 4 aliphatic rings. The van der Waals surface area contributed by atoms with E-state index in [0.29, 0.717) is 117 Å². The van der Waals surface area contributed by atoms with E-state index in [1.54, 1.807) is 112 Å². The van der Waals surface area contributed by atoms with Gasteiger partial charge in [0.05, 0.1) is 23.6 Å². The van der Waals surface area contributed by atoms with Crippen LogP contribution >= 0.6 is 34.8 Å². The largest absolute Gasteiger partial charge is 0.534 e. The molecule has 0 spiro atoms. The molecule has 4 saturated heterocycles. The molecule has 111 heavy (non-hydrogen) atoms. The zero-order valence-corrected chi connectivity index (χ0v) is 64.3. The first kappa shape index (κ1) is 79.2. The van der Waals surface area contributed by atoms with Crippen LogP contribution in [0.1, 0.15) is 102 Å². The Bertz CT molecular complexity index is 5550. The Labute approximate surface area is 651 Å². The first-order chi connectivity index (χ1) is 52.9. The number of amides is 6.